The van der Waals surface area contributed by atoms with Gasteiger partial charge in [-0.3, -0.25) is 9.05 Å². The third-order valence-electron chi connectivity index (χ3n) is 1.54. The van der Waals surface area contributed by atoms with Crippen LogP contribution in [0.4, 0.5) is 4.79 Å². The lowest BCUT2D eigenvalue weighted by Crippen LogP contribution is -2.19. The van der Waals surface area contributed by atoms with Gasteiger partial charge in [0, 0.05) is 19.2 Å². The molecule has 0 aromatic rings. The van der Waals surface area contributed by atoms with Crippen molar-refractivity contribution >= 4 is 21.9 Å². The molecule has 0 aromatic heterocycles. The minimum atomic E-state index is -1.16. The average Bonchev–Trinajstić information content (AvgIpc) is 2.21. The predicted octanol–water partition coefficient (Wildman–Crippen LogP) is 1.47. The van der Waals surface area contributed by atoms with Gasteiger partial charge in [0.2, 0.25) is 0 Å². The molecule has 1 amide bonds. The smallest absolute Gasteiger partial charge is 0.323 e. The summed E-state index contributed by atoms with van der Waals surface area (Å²) in [5.41, 5.74) is 0. The maximum Gasteiger partial charge on any atom is 0.433 e. The number of nitrogens with one attached hydrogen (secondary N) is 1. The quantitative estimate of drug-likeness (QED) is 0.346. The van der Waals surface area contributed by atoms with Gasteiger partial charge in [-0.25, -0.2) is 4.79 Å². The van der Waals surface area contributed by atoms with Crippen LogP contribution in [0.15, 0.2) is 5.16 Å². The average molecular weight is 234 g/mol. The summed E-state index contributed by atoms with van der Waals surface area (Å²) in [5.74, 6) is 0.801. The van der Waals surface area contributed by atoms with Crippen molar-refractivity contribution in [3.63, 3.8) is 0 Å². The van der Waals surface area contributed by atoms with Crippen molar-refractivity contribution in [3.8, 4) is 0 Å². The number of oxime groups is 1. The molecule has 1 atom stereocenters. The van der Waals surface area contributed by atoms with E-state index in [2.05, 4.69) is 15.3 Å². The highest BCUT2D eigenvalue weighted by Gasteiger charge is 2.11. The number of rotatable bonds is 4. The van der Waals surface area contributed by atoms with E-state index in [1.807, 2.05) is 13.8 Å². The zero-order valence-corrected chi connectivity index (χ0v) is 10.4. The van der Waals surface area contributed by atoms with Gasteiger partial charge in [-0.1, -0.05) is 25.9 Å². The first-order valence-electron chi connectivity index (χ1n) is 4.85. The lowest BCUT2D eigenvalue weighted by Gasteiger charge is -2.06. The monoisotopic (exact) mass is 234 g/mol. The number of hydrogen-bond donors (Lipinski definition) is 1. The van der Waals surface area contributed by atoms with Crippen LogP contribution in [0, 0.1) is 5.92 Å². The molecule has 0 saturated heterocycles. The predicted molar refractivity (Wildman–Crippen MR) is 61.1 cm³/mol. The van der Waals surface area contributed by atoms with Crippen molar-refractivity contribution < 1.29 is 13.8 Å². The van der Waals surface area contributed by atoms with Crippen molar-refractivity contribution in [2.24, 2.45) is 11.1 Å². The summed E-state index contributed by atoms with van der Waals surface area (Å²) in [6.07, 6.45) is -0.0818. The maximum absolute atomic E-state index is 11.5. The van der Waals surface area contributed by atoms with E-state index in [1.54, 1.807) is 6.92 Å². The van der Waals surface area contributed by atoms with Gasteiger partial charge in [0.1, 0.15) is 5.04 Å². The van der Waals surface area contributed by atoms with Crippen LogP contribution in [0.5, 0.6) is 0 Å². The molecule has 0 bridgehead atoms. The molecule has 0 rings (SSSR count). The summed E-state index contributed by atoms with van der Waals surface area (Å²) < 4.78 is 11.5. The van der Waals surface area contributed by atoms with Crippen LogP contribution in [0.2, 0.25) is 0 Å². The fourth-order valence-corrected chi connectivity index (χ4v) is 1.80. The topological polar surface area (TPSA) is 67.8 Å². The molecule has 1 N–H and O–H groups in total. The van der Waals surface area contributed by atoms with Crippen molar-refractivity contribution in [2.45, 2.75) is 27.2 Å². The Morgan fingerprint density at radius 2 is 2.13 bits per heavy atom. The van der Waals surface area contributed by atoms with E-state index in [1.165, 1.54) is 7.05 Å². The van der Waals surface area contributed by atoms with Crippen LogP contribution in [0.3, 0.4) is 0 Å². The van der Waals surface area contributed by atoms with Crippen molar-refractivity contribution in [1.29, 1.82) is 0 Å². The Labute approximate surface area is 92.7 Å². The van der Waals surface area contributed by atoms with Gasteiger partial charge in [0.25, 0.3) is 0 Å². The maximum atomic E-state index is 11.5. The molecule has 6 heteroatoms. The van der Waals surface area contributed by atoms with E-state index in [0.29, 0.717) is 23.1 Å². The van der Waals surface area contributed by atoms with Crippen LogP contribution in [0.1, 0.15) is 27.2 Å². The number of carbonyl (C=O) groups excluding carboxylic acids is 1. The van der Waals surface area contributed by atoms with Crippen LogP contribution >= 0.6 is 0 Å². The molecule has 0 aromatic carbocycles. The second-order valence-corrected chi connectivity index (χ2v) is 5.09. The third-order valence-corrected chi connectivity index (χ3v) is 2.83. The Hall–Kier alpha value is -0.910. The Morgan fingerprint density at radius 1 is 1.53 bits per heavy atom. The van der Waals surface area contributed by atoms with E-state index in [9.17, 15) is 9.00 Å². The van der Waals surface area contributed by atoms with Gasteiger partial charge in [-0.15, -0.1) is 0 Å². The fraction of sp³-hybridized carbons (Fsp3) is 0.778. The van der Waals surface area contributed by atoms with Crippen LogP contribution in [0.25, 0.3) is 0 Å². The van der Waals surface area contributed by atoms with E-state index in [0.717, 1.165) is 0 Å². The van der Waals surface area contributed by atoms with Crippen LogP contribution in [-0.2, 0) is 15.6 Å². The van der Waals surface area contributed by atoms with E-state index < -0.39 is 16.9 Å². The molecule has 0 aliphatic carbocycles. The first-order valence-corrected chi connectivity index (χ1v) is 6.17. The number of nitrogens with zero attached hydrogens (tertiary/aromatic N) is 1. The SMILES string of the molecule is CCS(=O)C(CC(C)C)=NOC(=O)NC. The third kappa shape index (κ3) is 6.22. The van der Waals surface area contributed by atoms with Crippen LogP contribution in [-0.4, -0.2) is 28.1 Å². The highest BCUT2D eigenvalue weighted by Crippen LogP contribution is 2.05. The molecule has 1 unspecified atom stereocenters. The lowest BCUT2D eigenvalue weighted by atomic mass is 10.1. The standard InChI is InChI=1S/C9H18N2O3S/c1-5-15(13)8(6-7(2)3)11-14-9(12)10-4/h7H,5-6H2,1-4H3,(H,10,12). The van der Waals surface area contributed by atoms with E-state index in [-0.39, 0.29) is 0 Å². The summed E-state index contributed by atoms with van der Waals surface area (Å²) >= 11 is 0. The van der Waals surface area contributed by atoms with Gasteiger partial charge in [-0.2, -0.15) is 0 Å². The first-order chi connectivity index (χ1) is 7.01. The zero-order valence-electron chi connectivity index (χ0n) is 9.57. The second-order valence-electron chi connectivity index (χ2n) is 3.35. The van der Waals surface area contributed by atoms with Crippen molar-refractivity contribution in [2.75, 3.05) is 12.8 Å². The number of carbonyl (C=O) groups is 1. The van der Waals surface area contributed by atoms with Crippen LogP contribution < -0.4 is 5.32 Å². The molecule has 88 valence electrons. The summed E-state index contributed by atoms with van der Waals surface area (Å²) in [5, 5.41) is 6.30. The van der Waals surface area contributed by atoms with Crippen molar-refractivity contribution in [1.82, 2.24) is 5.32 Å². The Kier molecular flexibility index (Phi) is 6.94. The molecule has 0 spiro atoms. The Bertz CT molecular complexity index is 264. The van der Waals surface area contributed by atoms with Gasteiger partial charge in [0.05, 0.1) is 10.8 Å². The Morgan fingerprint density at radius 3 is 2.53 bits per heavy atom. The second kappa shape index (κ2) is 7.39. The summed E-state index contributed by atoms with van der Waals surface area (Å²) in [7, 11) is 0.282. The molecule has 0 aliphatic heterocycles. The summed E-state index contributed by atoms with van der Waals surface area (Å²) in [4.78, 5) is 15.3. The van der Waals surface area contributed by atoms with Gasteiger partial charge < -0.3 is 5.32 Å². The van der Waals surface area contributed by atoms with Gasteiger partial charge in [-0.05, 0) is 5.92 Å². The highest BCUT2D eigenvalue weighted by molar-refractivity contribution is 8.00. The molecule has 5 nitrogen and oxygen atoms in total. The fourth-order valence-electron chi connectivity index (χ4n) is 0.826. The minimum Gasteiger partial charge on any atom is -0.323 e. The minimum absolute atomic E-state index is 0.326. The molecule has 0 heterocycles. The summed E-state index contributed by atoms with van der Waals surface area (Å²) in [6.45, 7) is 5.77. The van der Waals surface area contributed by atoms with E-state index in [4.69, 9.17) is 0 Å². The Balaban J connectivity index is 4.47. The molecule has 0 fully saturated rings. The molecule has 0 aliphatic rings. The van der Waals surface area contributed by atoms with Gasteiger partial charge in [0.15, 0.2) is 0 Å². The molecular formula is C9H18N2O3S. The lowest BCUT2D eigenvalue weighted by molar-refractivity contribution is 0.153. The zero-order chi connectivity index (χ0) is 11.8. The number of hydrogen-bond acceptors (Lipinski definition) is 4. The van der Waals surface area contributed by atoms with Crippen molar-refractivity contribution in [3.05, 3.63) is 0 Å². The highest BCUT2D eigenvalue weighted by atomic mass is 32.2. The first kappa shape index (κ1) is 14.1. The molecule has 15 heavy (non-hydrogen) atoms. The van der Waals surface area contributed by atoms with Gasteiger partial charge >= 0.3 is 6.09 Å². The molecular weight excluding hydrogens is 216 g/mol. The molecule has 0 saturated carbocycles. The largest absolute Gasteiger partial charge is 0.433 e. The summed E-state index contributed by atoms with van der Waals surface area (Å²) in [6, 6.07) is 0. The molecule has 0 radical (unpaired) electrons. The normalized spacial score (nSPS) is 13.8. The van der Waals surface area contributed by atoms with E-state index >= 15 is 0 Å². The number of amides is 1.